The van der Waals surface area contributed by atoms with E-state index in [2.05, 4.69) is 5.32 Å². The Bertz CT molecular complexity index is 441. The van der Waals surface area contributed by atoms with E-state index in [4.69, 9.17) is 0 Å². The molecule has 2 unspecified atom stereocenters. The van der Waals surface area contributed by atoms with Crippen molar-refractivity contribution in [3.05, 3.63) is 35.4 Å². The fourth-order valence-corrected chi connectivity index (χ4v) is 2.26. The topological polar surface area (TPSA) is 32.3 Å². The van der Waals surface area contributed by atoms with Crippen LogP contribution in [0.25, 0.3) is 0 Å². The molecule has 1 N–H and O–H groups in total. The zero-order valence-corrected chi connectivity index (χ0v) is 12.4. The molecule has 0 fully saturated rings. The Balaban J connectivity index is 2.80. The number of amides is 1. The number of halogens is 2. The molecule has 0 saturated carbocycles. The van der Waals surface area contributed by atoms with Crippen LogP contribution in [-0.4, -0.2) is 29.9 Å². The van der Waals surface area contributed by atoms with Crippen LogP contribution in [-0.2, 0) is 4.79 Å². The van der Waals surface area contributed by atoms with Crippen LogP contribution in [0.2, 0.25) is 0 Å². The number of nitrogens with one attached hydrogen (secondary N) is 1. The lowest BCUT2D eigenvalue weighted by molar-refractivity contribution is -0.132. The summed E-state index contributed by atoms with van der Waals surface area (Å²) in [6.07, 6.45) is 0. The highest BCUT2D eigenvalue weighted by Gasteiger charge is 2.23. The lowest BCUT2D eigenvalue weighted by atomic mass is 10.1. The summed E-state index contributed by atoms with van der Waals surface area (Å²) >= 11 is 0. The zero-order chi connectivity index (χ0) is 15.3. The maximum Gasteiger partial charge on any atom is 0.239 e. The summed E-state index contributed by atoms with van der Waals surface area (Å²) in [5.74, 6) is -1.28. The van der Waals surface area contributed by atoms with Crippen molar-refractivity contribution in [3.8, 4) is 0 Å². The first-order chi connectivity index (χ1) is 9.42. The molecule has 5 heteroatoms. The third kappa shape index (κ3) is 3.76. The van der Waals surface area contributed by atoms with Crippen LogP contribution in [0, 0.1) is 11.6 Å². The molecule has 1 amide bonds. The van der Waals surface area contributed by atoms with Gasteiger partial charge in [0, 0.05) is 24.7 Å². The van der Waals surface area contributed by atoms with E-state index < -0.39 is 23.7 Å². The summed E-state index contributed by atoms with van der Waals surface area (Å²) in [4.78, 5) is 13.8. The Hall–Kier alpha value is -1.49. The van der Waals surface area contributed by atoms with E-state index in [-0.39, 0.29) is 11.5 Å². The molecule has 1 rings (SSSR count). The van der Waals surface area contributed by atoms with Gasteiger partial charge in [-0.05, 0) is 39.8 Å². The molecule has 0 bridgehead atoms. The van der Waals surface area contributed by atoms with Crippen LogP contribution in [0.15, 0.2) is 18.2 Å². The maximum atomic E-state index is 13.7. The first-order valence-electron chi connectivity index (χ1n) is 6.91. The fourth-order valence-electron chi connectivity index (χ4n) is 2.26. The van der Waals surface area contributed by atoms with Crippen molar-refractivity contribution in [1.29, 1.82) is 0 Å². The van der Waals surface area contributed by atoms with Crippen molar-refractivity contribution in [1.82, 2.24) is 10.2 Å². The number of benzene rings is 1. The number of hydrogen-bond donors (Lipinski definition) is 1. The molecular weight excluding hydrogens is 262 g/mol. The molecule has 0 aliphatic carbocycles. The normalized spacial score (nSPS) is 13.9. The van der Waals surface area contributed by atoms with Crippen molar-refractivity contribution in [2.75, 3.05) is 13.1 Å². The van der Waals surface area contributed by atoms with Crippen molar-refractivity contribution < 1.29 is 13.6 Å². The second-order valence-corrected chi connectivity index (χ2v) is 4.76. The average molecular weight is 284 g/mol. The van der Waals surface area contributed by atoms with Crippen LogP contribution in [0.3, 0.4) is 0 Å². The molecule has 0 aliphatic rings. The summed E-state index contributed by atoms with van der Waals surface area (Å²) in [6, 6.07) is 2.68. The van der Waals surface area contributed by atoms with Gasteiger partial charge in [-0.3, -0.25) is 10.1 Å². The third-order valence-electron chi connectivity index (χ3n) is 3.38. The molecular formula is C15H22F2N2O. The number of likely N-dealkylation sites (N-methyl/N-ethyl adjacent to an activating group) is 1. The van der Waals surface area contributed by atoms with E-state index in [0.717, 1.165) is 0 Å². The van der Waals surface area contributed by atoms with Gasteiger partial charge >= 0.3 is 0 Å². The number of carbonyl (C=O) groups is 1. The number of hydrogen-bond acceptors (Lipinski definition) is 2. The van der Waals surface area contributed by atoms with E-state index in [0.29, 0.717) is 13.1 Å². The van der Waals surface area contributed by atoms with Crippen molar-refractivity contribution in [2.24, 2.45) is 0 Å². The molecule has 0 spiro atoms. The Morgan fingerprint density at radius 3 is 2.15 bits per heavy atom. The molecule has 0 heterocycles. The van der Waals surface area contributed by atoms with Crippen LogP contribution in [0.1, 0.15) is 39.3 Å². The molecule has 0 radical (unpaired) electrons. The molecule has 0 aromatic heterocycles. The predicted molar refractivity (Wildman–Crippen MR) is 75.3 cm³/mol. The van der Waals surface area contributed by atoms with Gasteiger partial charge in [0.25, 0.3) is 0 Å². The molecule has 2 atom stereocenters. The summed E-state index contributed by atoms with van der Waals surface area (Å²) in [7, 11) is 0. The quantitative estimate of drug-likeness (QED) is 0.871. The molecule has 20 heavy (non-hydrogen) atoms. The molecule has 0 saturated heterocycles. The second-order valence-electron chi connectivity index (χ2n) is 4.76. The Kier molecular flexibility index (Phi) is 6.07. The highest BCUT2D eigenvalue weighted by molar-refractivity contribution is 5.81. The van der Waals surface area contributed by atoms with E-state index >= 15 is 0 Å². The zero-order valence-electron chi connectivity index (χ0n) is 12.4. The van der Waals surface area contributed by atoms with E-state index in [1.54, 1.807) is 18.7 Å². The molecule has 0 aliphatic heterocycles. The summed E-state index contributed by atoms with van der Waals surface area (Å²) in [6.45, 7) is 8.37. The lowest BCUT2D eigenvalue weighted by Gasteiger charge is -2.26. The smallest absolute Gasteiger partial charge is 0.239 e. The predicted octanol–water partition coefficient (Wildman–Crippen LogP) is 2.87. The van der Waals surface area contributed by atoms with Gasteiger partial charge in [-0.15, -0.1) is 0 Å². The van der Waals surface area contributed by atoms with E-state index in [1.807, 2.05) is 13.8 Å². The minimum absolute atomic E-state index is 0.0355. The van der Waals surface area contributed by atoms with Crippen molar-refractivity contribution in [3.63, 3.8) is 0 Å². The van der Waals surface area contributed by atoms with Gasteiger partial charge in [-0.1, -0.05) is 6.07 Å². The van der Waals surface area contributed by atoms with Gasteiger partial charge in [0.2, 0.25) is 5.91 Å². The van der Waals surface area contributed by atoms with Crippen LogP contribution in [0.4, 0.5) is 8.78 Å². The van der Waals surface area contributed by atoms with Crippen molar-refractivity contribution in [2.45, 2.75) is 39.8 Å². The summed E-state index contributed by atoms with van der Waals surface area (Å²) in [5.41, 5.74) is -0.0355. The Labute approximate surface area is 119 Å². The Morgan fingerprint density at radius 2 is 1.70 bits per heavy atom. The van der Waals surface area contributed by atoms with Gasteiger partial charge in [0.05, 0.1) is 6.04 Å². The van der Waals surface area contributed by atoms with Crippen LogP contribution in [0.5, 0.6) is 0 Å². The molecule has 1 aromatic rings. The third-order valence-corrected chi connectivity index (χ3v) is 3.38. The van der Waals surface area contributed by atoms with Crippen LogP contribution < -0.4 is 5.32 Å². The summed E-state index contributed by atoms with van der Waals surface area (Å²) < 4.78 is 27.3. The number of nitrogens with zero attached hydrogens (tertiary/aromatic N) is 1. The number of carbonyl (C=O) groups excluding carboxylic acids is 1. The van der Waals surface area contributed by atoms with E-state index in [1.165, 1.54) is 18.2 Å². The molecule has 112 valence electrons. The minimum atomic E-state index is -0.604. The monoisotopic (exact) mass is 284 g/mol. The van der Waals surface area contributed by atoms with Crippen molar-refractivity contribution >= 4 is 5.91 Å². The molecule has 3 nitrogen and oxygen atoms in total. The first kappa shape index (κ1) is 16.6. The average Bonchev–Trinajstić information content (AvgIpc) is 2.39. The highest BCUT2D eigenvalue weighted by atomic mass is 19.1. The fraction of sp³-hybridized carbons (Fsp3) is 0.533. The SMILES string of the molecule is CCN(CC)C(=O)C(C)NC(C)c1c(F)cccc1F. The molecule has 1 aromatic carbocycles. The standard InChI is InChI=1S/C15H22F2N2O/c1-5-19(6-2)15(20)11(4)18-10(3)14-12(16)8-7-9-13(14)17/h7-11,18H,5-6H2,1-4H3. The first-order valence-corrected chi connectivity index (χ1v) is 6.91. The van der Waals surface area contributed by atoms with Gasteiger partial charge in [0.15, 0.2) is 0 Å². The highest BCUT2D eigenvalue weighted by Crippen LogP contribution is 2.20. The van der Waals surface area contributed by atoms with Crippen LogP contribution >= 0.6 is 0 Å². The Morgan fingerprint density at radius 1 is 1.20 bits per heavy atom. The minimum Gasteiger partial charge on any atom is -0.342 e. The van der Waals surface area contributed by atoms with Gasteiger partial charge in [0.1, 0.15) is 11.6 Å². The van der Waals surface area contributed by atoms with Gasteiger partial charge < -0.3 is 4.90 Å². The maximum absolute atomic E-state index is 13.7. The largest absolute Gasteiger partial charge is 0.342 e. The van der Waals surface area contributed by atoms with Gasteiger partial charge in [-0.25, -0.2) is 8.78 Å². The lowest BCUT2D eigenvalue weighted by Crippen LogP contribution is -2.45. The van der Waals surface area contributed by atoms with Gasteiger partial charge in [-0.2, -0.15) is 0 Å². The second kappa shape index (κ2) is 7.33. The number of rotatable bonds is 6. The van der Waals surface area contributed by atoms with E-state index in [9.17, 15) is 13.6 Å². The summed E-state index contributed by atoms with van der Waals surface area (Å²) in [5, 5.41) is 2.96.